The second-order valence-corrected chi connectivity index (χ2v) is 4.20. The summed E-state index contributed by atoms with van der Waals surface area (Å²) in [6.07, 6.45) is 0. The third-order valence-corrected chi connectivity index (χ3v) is 2.67. The third-order valence-electron chi connectivity index (χ3n) is 2.67. The summed E-state index contributed by atoms with van der Waals surface area (Å²) in [5, 5.41) is 5.26. The van der Waals surface area contributed by atoms with Gasteiger partial charge in [0.05, 0.1) is 13.2 Å². The summed E-state index contributed by atoms with van der Waals surface area (Å²) >= 11 is 0. The van der Waals surface area contributed by atoms with Crippen LogP contribution < -0.4 is 10.6 Å². The monoisotopic (exact) mass is 280 g/mol. The van der Waals surface area contributed by atoms with Crippen LogP contribution in [0.5, 0.6) is 0 Å². The summed E-state index contributed by atoms with van der Waals surface area (Å²) in [7, 11) is 3.13. The predicted molar refractivity (Wildman–Crippen MR) is 75.9 cm³/mol. The molecule has 0 bridgehead atoms. The number of hydrogen-bond donors (Lipinski definition) is 2. The van der Waals surface area contributed by atoms with E-state index in [1.165, 1.54) is 0 Å². The largest absolute Gasteiger partial charge is 0.382 e. The Hall–Kier alpha value is -1.92. The lowest BCUT2D eigenvalue weighted by Crippen LogP contribution is -2.21. The lowest BCUT2D eigenvalue weighted by atomic mass is 10.1. The Morgan fingerprint density at radius 2 is 2.00 bits per heavy atom. The molecule has 0 aliphatic rings. The SMILES string of the molecule is CNC(=O)c1ccc(C)c(NC(=O)COCCOC)c1. The molecule has 0 fully saturated rings. The molecule has 6 nitrogen and oxygen atoms in total. The zero-order valence-electron chi connectivity index (χ0n) is 12.0. The van der Waals surface area contributed by atoms with Gasteiger partial charge in [0.15, 0.2) is 0 Å². The van der Waals surface area contributed by atoms with E-state index < -0.39 is 0 Å². The Morgan fingerprint density at radius 1 is 1.25 bits per heavy atom. The van der Waals surface area contributed by atoms with Gasteiger partial charge in [-0.2, -0.15) is 0 Å². The van der Waals surface area contributed by atoms with E-state index in [0.29, 0.717) is 24.5 Å². The molecule has 1 aromatic carbocycles. The van der Waals surface area contributed by atoms with Crippen molar-refractivity contribution in [1.82, 2.24) is 5.32 Å². The van der Waals surface area contributed by atoms with Crippen molar-refractivity contribution in [3.8, 4) is 0 Å². The highest BCUT2D eigenvalue weighted by Crippen LogP contribution is 2.16. The lowest BCUT2D eigenvalue weighted by Gasteiger charge is -2.10. The highest BCUT2D eigenvalue weighted by molar-refractivity contribution is 5.97. The van der Waals surface area contributed by atoms with Crippen LogP contribution in [0.15, 0.2) is 18.2 Å². The predicted octanol–water partition coefficient (Wildman–Crippen LogP) is 0.956. The van der Waals surface area contributed by atoms with Gasteiger partial charge in [-0.1, -0.05) is 6.07 Å². The molecule has 0 heterocycles. The summed E-state index contributed by atoms with van der Waals surface area (Å²) in [5.41, 5.74) is 1.98. The Morgan fingerprint density at radius 3 is 2.65 bits per heavy atom. The minimum absolute atomic E-state index is 0.0486. The van der Waals surface area contributed by atoms with E-state index in [4.69, 9.17) is 9.47 Å². The van der Waals surface area contributed by atoms with Gasteiger partial charge in [0.1, 0.15) is 6.61 Å². The Balaban J connectivity index is 2.62. The van der Waals surface area contributed by atoms with Crippen LogP contribution in [-0.2, 0) is 14.3 Å². The van der Waals surface area contributed by atoms with Crippen molar-refractivity contribution < 1.29 is 19.1 Å². The fourth-order valence-electron chi connectivity index (χ4n) is 1.54. The molecule has 2 N–H and O–H groups in total. The van der Waals surface area contributed by atoms with Gasteiger partial charge < -0.3 is 20.1 Å². The number of amides is 2. The number of methoxy groups -OCH3 is 1. The van der Waals surface area contributed by atoms with Crippen molar-refractivity contribution in [3.05, 3.63) is 29.3 Å². The highest BCUT2D eigenvalue weighted by Gasteiger charge is 2.09. The number of carbonyl (C=O) groups is 2. The van der Waals surface area contributed by atoms with Gasteiger partial charge in [0.25, 0.3) is 5.91 Å². The number of benzene rings is 1. The van der Waals surface area contributed by atoms with E-state index in [9.17, 15) is 9.59 Å². The zero-order chi connectivity index (χ0) is 15.0. The van der Waals surface area contributed by atoms with Crippen molar-refractivity contribution in [2.75, 3.05) is 39.3 Å². The number of carbonyl (C=O) groups excluding carboxylic acids is 2. The number of aryl methyl sites for hydroxylation is 1. The van der Waals surface area contributed by atoms with Crippen molar-refractivity contribution in [2.24, 2.45) is 0 Å². The van der Waals surface area contributed by atoms with Crippen LogP contribution in [0.25, 0.3) is 0 Å². The maximum absolute atomic E-state index is 11.7. The fourth-order valence-corrected chi connectivity index (χ4v) is 1.54. The molecular weight excluding hydrogens is 260 g/mol. The molecule has 2 amide bonds. The van der Waals surface area contributed by atoms with Crippen LogP contribution >= 0.6 is 0 Å². The Kier molecular flexibility index (Phi) is 6.69. The van der Waals surface area contributed by atoms with E-state index in [1.807, 2.05) is 6.92 Å². The standard InChI is InChI=1S/C14H20N2O4/c1-10-4-5-11(14(18)15-2)8-12(10)16-13(17)9-20-7-6-19-3/h4-5,8H,6-7,9H2,1-3H3,(H,15,18)(H,16,17). The molecule has 6 heteroatoms. The van der Waals surface area contributed by atoms with Crippen LogP contribution in [0.3, 0.4) is 0 Å². The molecule has 0 aliphatic carbocycles. The third kappa shape index (κ3) is 4.99. The molecule has 0 aromatic heterocycles. The minimum atomic E-state index is -0.266. The zero-order valence-corrected chi connectivity index (χ0v) is 12.0. The highest BCUT2D eigenvalue weighted by atomic mass is 16.5. The normalized spacial score (nSPS) is 10.2. The summed E-state index contributed by atoms with van der Waals surface area (Å²) < 4.78 is 9.94. The topological polar surface area (TPSA) is 76.7 Å². The molecule has 0 aliphatic heterocycles. The first kappa shape index (κ1) is 16.1. The molecule has 20 heavy (non-hydrogen) atoms. The number of hydrogen-bond acceptors (Lipinski definition) is 4. The van der Waals surface area contributed by atoms with Gasteiger partial charge in [-0.15, -0.1) is 0 Å². The molecule has 0 saturated carbocycles. The number of anilines is 1. The maximum atomic E-state index is 11.7. The summed E-state index contributed by atoms with van der Waals surface area (Å²) in [6, 6.07) is 5.13. The molecular formula is C14H20N2O4. The first-order valence-corrected chi connectivity index (χ1v) is 6.27. The van der Waals surface area contributed by atoms with Crippen LogP contribution in [-0.4, -0.2) is 45.8 Å². The van der Waals surface area contributed by atoms with Gasteiger partial charge in [-0.3, -0.25) is 9.59 Å². The van der Waals surface area contributed by atoms with E-state index in [2.05, 4.69) is 10.6 Å². The second-order valence-electron chi connectivity index (χ2n) is 4.20. The molecule has 1 rings (SSSR count). The van der Waals surface area contributed by atoms with Gasteiger partial charge >= 0.3 is 0 Å². The van der Waals surface area contributed by atoms with Gasteiger partial charge in [0, 0.05) is 25.4 Å². The maximum Gasteiger partial charge on any atom is 0.251 e. The van der Waals surface area contributed by atoms with E-state index >= 15 is 0 Å². The number of ether oxygens (including phenoxy) is 2. The quantitative estimate of drug-likeness (QED) is 0.729. The summed E-state index contributed by atoms with van der Waals surface area (Å²) in [4.78, 5) is 23.2. The summed E-state index contributed by atoms with van der Waals surface area (Å²) in [6.45, 7) is 2.61. The van der Waals surface area contributed by atoms with Gasteiger partial charge in [0.2, 0.25) is 5.91 Å². The molecule has 0 radical (unpaired) electrons. The van der Waals surface area contributed by atoms with Crippen LogP contribution in [0.2, 0.25) is 0 Å². The van der Waals surface area contributed by atoms with Crippen LogP contribution in [0, 0.1) is 6.92 Å². The smallest absolute Gasteiger partial charge is 0.251 e. The average Bonchev–Trinajstić information content (AvgIpc) is 2.45. The van der Waals surface area contributed by atoms with Gasteiger partial charge in [-0.05, 0) is 24.6 Å². The van der Waals surface area contributed by atoms with E-state index in [1.54, 1.807) is 32.4 Å². The van der Waals surface area contributed by atoms with Crippen LogP contribution in [0.1, 0.15) is 15.9 Å². The average molecular weight is 280 g/mol. The first-order valence-electron chi connectivity index (χ1n) is 6.27. The molecule has 0 spiro atoms. The summed E-state index contributed by atoms with van der Waals surface area (Å²) in [5.74, 6) is -0.463. The molecule has 0 saturated heterocycles. The second kappa shape index (κ2) is 8.29. The van der Waals surface area contributed by atoms with Crippen molar-refractivity contribution in [2.45, 2.75) is 6.92 Å². The lowest BCUT2D eigenvalue weighted by molar-refractivity contribution is -0.121. The number of rotatable bonds is 7. The number of nitrogens with one attached hydrogen (secondary N) is 2. The molecule has 1 aromatic rings. The van der Waals surface area contributed by atoms with E-state index in [-0.39, 0.29) is 18.4 Å². The Bertz CT molecular complexity index is 474. The van der Waals surface area contributed by atoms with Crippen molar-refractivity contribution in [3.63, 3.8) is 0 Å². The van der Waals surface area contributed by atoms with Crippen LogP contribution in [0.4, 0.5) is 5.69 Å². The van der Waals surface area contributed by atoms with Crippen molar-refractivity contribution >= 4 is 17.5 Å². The minimum Gasteiger partial charge on any atom is -0.382 e. The fraction of sp³-hybridized carbons (Fsp3) is 0.429. The van der Waals surface area contributed by atoms with Crippen molar-refractivity contribution in [1.29, 1.82) is 0 Å². The van der Waals surface area contributed by atoms with Gasteiger partial charge in [-0.25, -0.2) is 0 Å². The molecule has 0 unspecified atom stereocenters. The first-order chi connectivity index (χ1) is 9.58. The van der Waals surface area contributed by atoms with E-state index in [0.717, 1.165) is 5.56 Å². The Labute approximate surface area is 118 Å². The molecule has 0 atom stereocenters. The molecule has 110 valence electrons.